The first-order valence-corrected chi connectivity index (χ1v) is 6.04. The van der Waals surface area contributed by atoms with Crippen molar-refractivity contribution in [1.82, 2.24) is 4.98 Å². The zero-order valence-electron chi connectivity index (χ0n) is 8.11. The van der Waals surface area contributed by atoms with Crippen LogP contribution in [0.3, 0.4) is 0 Å². The number of thiophene rings is 1. The number of hydrogen-bond donors (Lipinski definition) is 2. The van der Waals surface area contributed by atoms with E-state index in [0.29, 0.717) is 16.3 Å². The lowest BCUT2D eigenvalue weighted by molar-refractivity contribution is 0.103. The maximum absolute atomic E-state index is 11.8. The van der Waals surface area contributed by atoms with Crippen LogP contribution in [0.4, 0.5) is 11.4 Å². The van der Waals surface area contributed by atoms with Crippen LogP contribution in [0.2, 0.25) is 0 Å². The summed E-state index contributed by atoms with van der Waals surface area (Å²) < 4.78 is 0.917. The summed E-state index contributed by atoms with van der Waals surface area (Å²) in [4.78, 5) is 16.3. The summed E-state index contributed by atoms with van der Waals surface area (Å²) >= 11 is 4.67. The van der Waals surface area contributed by atoms with E-state index >= 15 is 0 Å². The Hall–Kier alpha value is -1.40. The molecular weight excluding hydrogens is 290 g/mol. The molecule has 0 aliphatic heterocycles. The Morgan fingerprint density at radius 1 is 1.44 bits per heavy atom. The van der Waals surface area contributed by atoms with Crippen LogP contribution < -0.4 is 11.1 Å². The molecule has 82 valence electrons. The van der Waals surface area contributed by atoms with Crippen molar-refractivity contribution in [3.05, 3.63) is 39.3 Å². The molecule has 2 heterocycles. The quantitative estimate of drug-likeness (QED) is 0.895. The number of carbonyl (C=O) groups is 1. The minimum atomic E-state index is -0.173. The predicted molar refractivity (Wildman–Crippen MR) is 68.6 cm³/mol. The fraction of sp³-hybridized carbons (Fsp3) is 0. The third-order valence-corrected chi connectivity index (χ3v) is 3.52. The lowest BCUT2D eigenvalue weighted by Crippen LogP contribution is -2.11. The molecule has 0 spiro atoms. The Bertz CT molecular complexity index is 526. The van der Waals surface area contributed by atoms with Crippen LogP contribution in [-0.2, 0) is 0 Å². The van der Waals surface area contributed by atoms with E-state index in [1.165, 1.54) is 17.5 Å². The molecule has 0 unspecified atom stereocenters. The topological polar surface area (TPSA) is 68.0 Å². The van der Waals surface area contributed by atoms with Gasteiger partial charge in [-0.25, -0.2) is 0 Å². The van der Waals surface area contributed by atoms with Crippen LogP contribution in [0.15, 0.2) is 34.4 Å². The minimum absolute atomic E-state index is 0.173. The summed E-state index contributed by atoms with van der Waals surface area (Å²) in [7, 11) is 0. The second-order valence-corrected chi connectivity index (χ2v) is 5.48. The number of hydrogen-bond acceptors (Lipinski definition) is 4. The van der Waals surface area contributed by atoms with E-state index in [4.69, 9.17) is 5.73 Å². The number of rotatable bonds is 2. The number of amides is 1. The minimum Gasteiger partial charge on any atom is -0.396 e. The van der Waals surface area contributed by atoms with Crippen molar-refractivity contribution in [1.29, 1.82) is 0 Å². The summed E-state index contributed by atoms with van der Waals surface area (Å²) in [5.74, 6) is -0.173. The Balaban J connectivity index is 2.17. The highest BCUT2D eigenvalue weighted by molar-refractivity contribution is 9.11. The van der Waals surface area contributed by atoms with Crippen LogP contribution in [0.1, 0.15) is 9.67 Å². The highest BCUT2D eigenvalue weighted by Gasteiger charge is 2.09. The van der Waals surface area contributed by atoms with Gasteiger partial charge in [-0.3, -0.25) is 9.78 Å². The molecule has 0 saturated heterocycles. The SMILES string of the molecule is Nc1cnccc1NC(=O)c1ccc(Br)s1. The fourth-order valence-corrected chi connectivity index (χ4v) is 2.42. The largest absolute Gasteiger partial charge is 0.396 e. The molecule has 0 fully saturated rings. The molecule has 0 bridgehead atoms. The molecule has 2 aromatic heterocycles. The monoisotopic (exact) mass is 297 g/mol. The molecular formula is C10H8BrN3OS. The average molecular weight is 298 g/mol. The molecule has 1 amide bonds. The van der Waals surface area contributed by atoms with Crippen molar-refractivity contribution in [3.8, 4) is 0 Å². The van der Waals surface area contributed by atoms with Gasteiger partial charge in [0.25, 0.3) is 5.91 Å². The average Bonchev–Trinajstić information content (AvgIpc) is 2.68. The number of anilines is 2. The van der Waals surface area contributed by atoms with E-state index in [0.717, 1.165) is 3.79 Å². The van der Waals surface area contributed by atoms with Crippen molar-refractivity contribution in [2.45, 2.75) is 0 Å². The number of nitrogens with one attached hydrogen (secondary N) is 1. The van der Waals surface area contributed by atoms with Gasteiger partial charge in [0.15, 0.2) is 0 Å². The van der Waals surface area contributed by atoms with Crippen LogP contribution >= 0.6 is 27.3 Å². The van der Waals surface area contributed by atoms with Gasteiger partial charge in [-0.05, 0) is 34.1 Å². The zero-order chi connectivity index (χ0) is 11.5. The molecule has 0 saturated carbocycles. The Kier molecular flexibility index (Phi) is 3.21. The van der Waals surface area contributed by atoms with Gasteiger partial charge in [0.05, 0.1) is 26.2 Å². The number of carbonyl (C=O) groups excluding carboxylic acids is 1. The summed E-state index contributed by atoms with van der Waals surface area (Å²) in [6, 6.07) is 5.24. The molecule has 2 rings (SSSR count). The standard InChI is InChI=1S/C10H8BrN3OS/c11-9-2-1-8(16-9)10(15)14-7-3-4-13-5-6(7)12/h1-5H,12H2,(H,13,14,15). The third-order valence-electron chi connectivity index (χ3n) is 1.90. The van der Waals surface area contributed by atoms with Gasteiger partial charge in [-0.2, -0.15) is 0 Å². The summed E-state index contributed by atoms with van der Waals surface area (Å²) in [6.45, 7) is 0. The lowest BCUT2D eigenvalue weighted by Gasteiger charge is -2.05. The summed E-state index contributed by atoms with van der Waals surface area (Å²) in [5.41, 5.74) is 6.69. The van der Waals surface area contributed by atoms with Crippen molar-refractivity contribution >= 4 is 44.5 Å². The Morgan fingerprint density at radius 2 is 2.25 bits per heavy atom. The zero-order valence-corrected chi connectivity index (χ0v) is 10.5. The van der Waals surface area contributed by atoms with Gasteiger partial charge in [0.1, 0.15) is 0 Å². The van der Waals surface area contributed by atoms with Crippen molar-refractivity contribution in [2.24, 2.45) is 0 Å². The first kappa shape index (κ1) is 11.1. The third kappa shape index (κ3) is 2.40. The normalized spacial score (nSPS) is 10.1. The number of nitrogens with zero attached hydrogens (tertiary/aromatic N) is 1. The summed E-state index contributed by atoms with van der Waals surface area (Å²) in [5, 5.41) is 2.73. The number of halogens is 1. The Labute approximate surface area is 105 Å². The maximum Gasteiger partial charge on any atom is 0.265 e. The van der Waals surface area contributed by atoms with Gasteiger partial charge in [-0.1, -0.05) is 0 Å². The smallest absolute Gasteiger partial charge is 0.265 e. The number of nitrogens with two attached hydrogens (primary N) is 1. The van der Waals surface area contributed by atoms with Gasteiger partial charge >= 0.3 is 0 Å². The molecule has 0 aromatic carbocycles. The van der Waals surface area contributed by atoms with E-state index in [-0.39, 0.29) is 5.91 Å². The van der Waals surface area contributed by atoms with Gasteiger partial charge in [-0.15, -0.1) is 11.3 Å². The van der Waals surface area contributed by atoms with Gasteiger partial charge in [0.2, 0.25) is 0 Å². The highest BCUT2D eigenvalue weighted by Crippen LogP contribution is 2.24. The molecule has 0 aliphatic carbocycles. The van der Waals surface area contributed by atoms with E-state index < -0.39 is 0 Å². The number of nitrogen functional groups attached to an aromatic ring is 1. The first-order valence-electron chi connectivity index (χ1n) is 4.43. The van der Waals surface area contributed by atoms with Gasteiger partial charge in [0, 0.05) is 6.20 Å². The van der Waals surface area contributed by atoms with Crippen LogP contribution in [0, 0.1) is 0 Å². The second kappa shape index (κ2) is 4.63. The molecule has 2 aromatic rings. The van der Waals surface area contributed by atoms with Crippen molar-refractivity contribution < 1.29 is 4.79 Å². The Morgan fingerprint density at radius 3 is 2.88 bits per heavy atom. The first-order chi connectivity index (χ1) is 7.66. The molecule has 4 nitrogen and oxygen atoms in total. The van der Waals surface area contributed by atoms with Crippen LogP contribution in [0.25, 0.3) is 0 Å². The van der Waals surface area contributed by atoms with Crippen molar-refractivity contribution in [2.75, 3.05) is 11.1 Å². The number of aromatic nitrogens is 1. The predicted octanol–water partition coefficient (Wildman–Crippen LogP) is 2.74. The van der Waals surface area contributed by atoms with Crippen LogP contribution in [0.5, 0.6) is 0 Å². The van der Waals surface area contributed by atoms with E-state index in [1.54, 1.807) is 18.3 Å². The van der Waals surface area contributed by atoms with E-state index in [2.05, 4.69) is 26.2 Å². The lowest BCUT2D eigenvalue weighted by atomic mass is 10.3. The molecule has 16 heavy (non-hydrogen) atoms. The number of pyridine rings is 1. The van der Waals surface area contributed by atoms with Crippen LogP contribution in [-0.4, -0.2) is 10.9 Å². The maximum atomic E-state index is 11.8. The van der Waals surface area contributed by atoms with Gasteiger partial charge < -0.3 is 11.1 Å². The van der Waals surface area contributed by atoms with Crippen molar-refractivity contribution in [3.63, 3.8) is 0 Å². The molecule has 3 N–H and O–H groups in total. The molecule has 0 aliphatic rings. The highest BCUT2D eigenvalue weighted by atomic mass is 79.9. The second-order valence-electron chi connectivity index (χ2n) is 3.02. The summed E-state index contributed by atoms with van der Waals surface area (Å²) in [6.07, 6.45) is 3.08. The fourth-order valence-electron chi connectivity index (χ4n) is 1.14. The van der Waals surface area contributed by atoms with E-state index in [9.17, 15) is 4.79 Å². The molecule has 6 heteroatoms. The van der Waals surface area contributed by atoms with E-state index in [1.807, 2.05) is 6.07 Å². The molecule has 0 atom stereocenters. The molecule has 0 radical (unpaired) electrons.